The van der Waals surface area contributed by atoms with Gasteiger partial charge in [-0.15, -0.1) is 0 Å². The second kappa shape index (κ2) is 11.5. The van der Waals surface area contributed by atoms with Crippen molar-refractivity contribution in [2.45, 2.75) is 84.0 Å². The standard InChI is InChI=1S/C36H44N4O2/c1-23-18-26(22-39-14-4-5-15-39)19-33-35(23)42-36(38-33)32-10-6-8-30(24(32)2)31-9-7-11-34(25(31)3)40-16-12-27(13-17-40)37-28-20-29(41)21-28/h6-11,18-19,27-29,37,41H,4-5,12-17,20-22H2,1-3H3. The minimum Gasteiger partial charge on any atom is -0.436 e. The molecular weight excluding hydrogens is 520 g/mol. The van der Waals surface area contributed by atoms with Crippen molar-refractivity contribution in [3.05, 3.63) is 70.8 Å². The van der Waals surface area contributed by atoms with E-state index >= 15 is 0 Å². The van der Waals surface area contributed by atoms with Crippen LogP contribution in [0.5, 0.6) is 0 Å². The van der Waals surface area contributed by atoms with Crippen LogP contribution in [0.15, 0.2) is 52.9 Å². The Morgan fingerprint density at radius 2 is 1.55 bits per heavy atom. The number of rotatable bonds is 7. The third-order valence-corrected chi connectivity index (χ3v) is 9.92. The number of hydrogen-bond donors (Lipinski definition) is 2. The molecule has 4 aromatic rings. The summed E-state index contributed by atoms with van der Waals surface area (Å²) in [6, 6.07) is 18.8. The first kappa shape index (κ1) is 27.6. The van der Waals surface area contributed by atoms with Crippen molar-refractivity contribution in [1.82, 2.24) is 15.2 Å². The maximum absolute atomic E-state index is 9.63. The topological polar surface area (TPSA) is 64.8 Å². The number of fused-ring (bicyclic) bond motifs is 1. The maximum atomic E-state index is 9.63. The van der Waals surface area contributed by atoms with Crippen LogP contribution >= 0.6 is 0 Å². The summed E-state index contributed by atoms with van der Waals surface area (Å²) in [7, 11) is 0. The van der Waals surface area contributed by atoms with Crippen LogP contribution in [0, 0.1) is 20.8 Å². The first-order valence-corrected chi connectivity index (χ1v) is 15.9. The summed E-state index contributed by atoms with van der Waals surface area (Å²) in [5.41, 5.74) is 11.7. The highest BCUT2D eigenvalue weighted by Gasteiger charge is 2.30. The number of aliphatic hydroxyl groups is 1. The Kier molecular flexibility index (Phi) is 7.55. The summed E-state index contributed by atoms with van der Waals surface area (Å²) in [6.07, 6.45) is 6.60. The third-order valence-electron chi connectivity index (χ3n) is 9.92. The van der Waals surface area contributed by atoms with E-state index in [1.54, 1.807) is 0 Å². The zero-order chi connectivity index (χ0) is 28.8. The van der Waals surface area contributed by atoms with Crippen LogP contribution in [0.3, 0.4) is 0 Å². The van der Waals surface area contributed by atoms with Crippen LogP contribution in [0.4, 0.5) is 5.69 Å². The lowest BCUT2D eigenvalue weighted by Crippen LogP contribution is -2.52. The molecule has 0 radical (unpaired) electrons. The van der Waals surface area contributed by atoms with E-state index in [2.05, 4.69) is 84.4 Å². The quantitative estimate of drug-likeness (QED) is 0.258. The van der Waals surface area contributed by atoms with E-state index in [0.717, 1.165) is 67.5 Å². The molecule has 1 saturated carbocycles. The second-order valence-electron chi connectivity index (χ2n) is 12.9. The number of likely N-dealkylation sites (tertiary alicyclic amines) is 1. The number of aliphatic hydroxyl groups excluding tert-OH is 1. The highest BCUT2D eigenvalue weighted by Crippen LogP contribution is 2.38. The van der Waals surface area contributed by atoms with Crippen LogP contribution in [0.25, 0.3) is 33.7 Å². The van der Waals surface area contributed by atoms with E-state index < -0.39 is 0 Å². The van der Waals surface area contributed by atoms with Crippen molar-refractivity contribution in [2.24, 2.45) is 0 Å². The molecule has 1 aliphatic carbocycles. The number of oxazole rings is 1. The molecule has 2 aliphatic heterocycles. The van der Waals surface area contributed by atoms with Gasteiger partial charge in [0.05, 0.1) is 6.10 Å². The Labute approximate surface area is 249 Å². The van der Waals surface area contributed by atoms with Gasteiger partial charge in [0, 0.05) is 43.0 Å². The normalized spacial score (nSPS) is 21.8. The number of nitrogens with zero attached hydrogens (tertiary/aromatic N) is 3. The molecule has 3 aliphatic rings. The monoisotopic (exact) mass is 564 g/mol. The van der Waals surface area contributed by atoms with E-state index in [4.69, 9.17) is 9.40 Å². The minimum absolute atomic E-state index is 0.0980. The average Bonchev–Trinajstić information content (AvgIpc) is 3.64. The summed E-state index contributed by atoms with van der Waals surface area (Å²) in [5, 5.41) is 13.4. The molecule has 6 nitrogen and oxygen atoms in total. The number of aromatic nitrogens is 1. The molecule has 6 heteroatoms. The van der Waals surface area contributed by atoms with Crippen molar-refractivity contribution >= 4 is 16.8 Å². The summed E-state index contributed by atoms with van der Waals surface area (Å²) in [6.45, 7) is 12.1. The van der Waals surface area contributed by atoms with E-state index in [0.29, 0.717) is 18.0 Å². The summed E-state index contributed by atoms with van der Waals surface area (Å²) >= 11 is 0. The van der Waals surface area contributed by atoms with Gasteiger partial charge in [-0.25, -0.2) is 4.98 Å². The largest absolute Gasteiger partial charge is 0.436 e. The molecule has 3 fully saturated rings. The minimum atomic E-state index is -0.0980. The van der Waals surface area contributed by atoms with Crippen LogP contribution < -0.4 is 10.2 Å². The predicted octanol–water partition coefficient (Wildman–Crippen LogP) is 6.76. The lowest BCUT2D eigenvalue weighted by atomic mass is 9.88. The Hall–Kier alpha value is -3.19. The Morgan fingerprint density at radius 3 is 2.29 bits per heavy atom. The van der Waals surface area contributed by atoms with E-state index in [1.807, 2.05) is 0 Å². The van der Waals surface area contributed by atoms with Crippen LogP contribution in [-0.2, 0) is 6.54 Å². The van der Waals surface area contributed by atoms with Gasteiger partial charge in [0.15, 0.2) is 5.58 Å². The van der Waals surface area contributed by atoms with Crippen molar-refractivity contribution in [3.63, 3.8) is 0 Å². The zero-order valence-corrected chi connectivity index (χ0v) is 25.3. The van der Waals surface area contributed by atoms with Gasteiger partial charge in [-0.1, -0.05) is 30.3 Å². The van der Waals surface area contributed by atoms with Gasteiger partial charge in [0.2, 0.25) is 5.89 Å². The fourth-order valence-electron chi connectivity index (χ4n) is 7.44. The van der Waals surface area contributed by atoms with Gasteiger partial charge >= 0.3 is 0 Å². The molecule has 2 N–H and O–H groups in total. The van der Waals surface area contributed by atoms with E-state index in [-0.39, 0.29) is 6.10 Å². The number of benzene rings is 3. The fraction of sp³-hybridized carbons (Fsp3) is 0.472. The molecule has 42 heavy (non-hydrogen) atoms. The Balaban J connectivity index is 1.13. The smallest absolute Gasteiger partial charge is 0.227 e. The molecule has 1 aromatic heterocycles. The molecule has 0 bridgehead atoms. The average molecular weight is 565 g/mol. The summed E-state index contributed by atoms with van der Waals surface area (Å²) in [5.74, 6) is 0.702. The molecule has 220 valence electrons. The SMILES string of the molecule is Cc1c(-c2nc3cc(CN4CCCC4)cc(C)c3o2)cccc1-c1cccc(N2CCC(NC3CC(O)C3)CC2)c1C. The lowest BCUT2D eigenvalue weighted by Gasteiger charge is -2.40. The van der Waals surface area contributed by atoms with Crippen molar-refractivity contribution in [1.29, 1.82) is 0 Å². The molecule has 2 saturated heterocycles. The molecular formula is C36H44N4O2. The van der Waals surface area contributed by atoms with Gasteiger partial charge in [-0.3, -0.25) is 4.90 Å². The first-order chi connectivity index (χ1) is 20.4. The highest BCUT2D eigenvalue weighted by atomic mass is 16.3. The highest BCUT2D eigenvalue weighted by molar-refractivity contribution is 5.84. The van der Waals surface area contributed by atoms with Crippen molar-refractivity contribution in [3.8, 4) is 22.6 Å². The molecule has 7 rings (SSSR count). The van der Waals surface area contributed by atoms with E-state index in [1.165, 1.54) is 59.4 Å². The van der Waals surface area contributed by atoms with Crippen LogP contribution in [-0.4, -0.2) is 59.4 Å². The predicted molar refractivity (Wildman–Crippen MR) is 171 cm³/mol. The van der Waals surface area contributed by atoms with Gasteiger partial charge in [-0.2, -0.15) is 0 Å². The molecule has 0 spiro atoms. The molecule has 0 amide bonds. The third kappa shape index (κ3) is 5.36. The van der Waals surface area contributed by atoms with Gasteiger partial charge < -0.3 is 19.7 Å². The molecule has 3 heterocycles. The van der Waals surface area contributed by atoms with Gasteiger partial charge in [-0.05, 0) is 124 Å². The fourth-order valence-corrected chi connectivity index (χ4v) is 7.44. The first-order valence-electron chi connectivity index (χ1n) is 15.9. The van der Waals surface area contributed by atoms with Gasteiger partial charge in [0.25, 0.3) is 0 Å². The summed E-state index contributed by atoms with van der Waals surface area (Å²) in [4.78, 5) is 10.1. The molecule has 0 unspecified atom stereocenters. The van der Waals surface area contributed by atoms with Crippen LogP contribution in [0.2, 0.25) is 0 Å². The zero-order valence-electron chi connectivity index (χ0n) is 25.3. The van der Waals surface area contributed by atoms with Crippen molar-refractivity contribution < 1.29 is 9.52 Å². The second-order valence-corrected chi connectivity index (χ2v) is 12.9. The maximum Gasteiger partial charge on any atom is 0.227 e. The van der Waals surface area contributed by atoms with Crippen molar-refractivity contribution in [2.75, 3.05) is 31.1 Å². The van der Waals surface area contributed by atoms with Gasteiger partial charge in [0.1, 0.15) is 5.52 Å². The number of nitrogens with one attached hydrogen (secondary N) is 1. The number of piperidine rings is 1. The number of anilines is 1. The number of hydrogen-bond acceptors (Lipinski definition) is 6. The molecule has 0 atom stereocenters. The lowest BCUT2D eigenvalue weighted by molar-refractivity contribution is 0.0562. The van der Waals surface area contributed by atoms with E-state index in [9.17, 15) is 5.11 Å². The number of aryl methyl sites for hydroxylation is 1. The Bertz CT molecular complexity index is 1570. The Morgan fingerprint density at radius 1 is 0.857 bits per heavy atom. The molecule has 3 aromatic carbocycles. The van der Waals surface area contributed by atoms with Crippen LogP contribution in [0.1, 0.15) is 60.8 Å². The summed E-state index contributed by atoms with van der Waals surface area (Å²) < 4.78 is 6.43.